The molecule has 0 unspecified atom stereocenters. The van der Waals surface area contributed by atoms with Crippen LogP contribution < -0.4 is 10.7 Å². The SMILES string of the molecule is C[C@@]1(c2ccccc2)NC(=O)N(NC(=O)[C@@H]2CCCN(S(=O)(=O)c3cccs3)C2)C1=O. The van der Waals surface area contributed by atoms with Crippen LogP contribution in [0.4, 0.5) is 4.79 Å². The van der Waals surface area contributed by atoms with Gasteiger partial charge in [0.05, 0.1) is 5.92 Å². The summed E-state index contributed by atoms with van der Waals surface area (Å²) >= 11 is 1.12. The number of imide groups is 1. The van der Waals surface area contributed by atoms with Crippen LogP contribution >= 0.6 is 11.3 Å². The monoisotopic (exact) mass is 462 g/mol. The first-order valence-corrected chi connectivity index (χ1v) is 12.1. The molecule has 2 aromatic rings. The molecule has 164 valence electrons. The van der Waals surface area contributed by atoms with Gasteiger partial charge >= 0.3 is 6.03 Å². The van der Waals surface area contributed by atoms with Crippen molar-refractivity contribution in [2.75, 3.05) is 13.1 Å². The van der Waals surface area contributed by atoms with E-state index >= 15 is 0 Å². The molecule has 31 heavy (non-hydrogen) atoms. The maximum absolute atomic E-state index is 13.0. The Balaban J connectivity index is 1.47. The molecule has 1 aromatic carbocycles. The first kappa shape index (κ1) is 21.5. The van der Waals surface area contributed by atoms with Gasteiger partial charge in [0, 0.05) is 13.1 Å². The van der Waals surface area contributed by atoms with Gasteiger partial charge in [-0.25, -0.2) is 13.2 Å². The summed E-state index contributed by atoms with van der Waals surface area (Å²) in [5.74, 6) is -1.84. The third-order valence-electron chi connectivity index (χ3n) is 5.61. The Labute approximate surface area is 184 Å². The van der Waals surface area contributed by atoms with Crippen LogP contribution in [0.1, 0.15) is 25.3 Å². The van der Waals surface area contributed by atoms with Gasteiger partial charge in [-0.2, -0.15) is 9.31 Å². The van der Waals surface area contributed by atoms with Crippen LogP contribution in [0.5, 0.6) is 0 Å². The van der Waals surface area contributed by atoms with Crippen LogP contribution in [-0.4, -0.2) is 48.7 Å². The number of benzene rings is 1. The number of nitrogens with zero attached hydrogens (tertiary/aromatic N) is 2. The van der Waals surface area contributed by atoms with Crippen molar-refractivity contribution < 1.29 is 22.8 Å². The van der Waals surface area contributed by atoms with E-state index in [-0.39, 0.29) is 10.8 Å². The predicted octanol–water partition coefficient (Wildman–Crippen LogP) is 1.65. The topological polar surface area (TPSA) is 116 Å². The maximum atomic E-state index is 13.0. The molecule has 4 amide bonds. The van der Waals surface area contributed by atoms with Gasteiger partial charge in [0.25, 0.3) is 15.9 Å². The number of hydrogen-bond donors (Lipinski definition) is 2. The van der Waals surface area contributed by atoms with Crippen LogP contribution in [0.15, 0.2) is 52.1 Å². The van der Waals surface area contributed by atoms with Gasteiger partial charge in [-0.1, -0.05) is 36.4 Å². The Morgan fingerprint density at radius 2 is 1.94 bits per heavy atom. The molecule has 0 saturated carbocycles. The van der Waals surface area contributed by atoms with Crippen molar-refractivity contribution in [3.05, 3.63) is 53.4 Å². The van der Waals surface area contributed by atoms with Crippen LogP contribution in [0.2, 0.25) is 0 Å². The summed E-state index contributed by atoms with van der Waals surface area (Å²) in [7, 11) is -3.68. The van der Waals surface area contributed by atoms with Crippen molar-refractivity contribution in [3.63, 3.8) is 0 Å². The lowest BCUT2D eigenvalue weighted by Gasteiger charge is -2.31. The maximum Gasteiger partial charge on any atom is 0.344 e. The molecule has 0 aliphatic carbocycles. The Morgan fingerprint density at radius 1 is 1.19 bits per heavy atom. The zero-order valence-corrected chi connectivity index (χ0v) is 18.4. The normalized spacial score (nSPS) is 24.8. The lowest BCUT2D eigenvalue weighted by Crippen LogP contribution is -2.52. The minimum Gasteiger partial charge on any atom is -0.318 e. The second kappa shape index (κ2) is 8.06. The Morgan fingerprint density at radius 3 is 2.61 bits per heavy atom. The van der Waals surface area contributed by atoms with Crippen molar-refractivity contribution in [2.45, 2.75) is 29.5 Å². The number of hydrogen-bond acceptors (Lipinski definition) is 6. The summed E-state index contributed by atoms with van der Waals surface area (Å²) < 4.78 is 27.1. The van der Waals surface area contributed by atoms with Gasteiger partial charge in [0.2, 0.25) is 5.91 Å². The molecular formula is C20H22N4O5S2. The fourth-order valence-corrected chi connectivity index (χ4v) is 6.49. The molecule has 0 radical (unpaired) electrons. The molecule has 2 atom stereocenters. The fourth-order valence-electron chi connectivity index (χ4n) is 3.82. The zero-order chi connectivity index (χ0) is 22.2. The average Bonchev–Trinajstić information content (AvgIpc) is 3.39. The second-order valence-corrected chi connectivity index (χ2v) is 10.8. The number of nitrogens with one attached hydrogen (secondary N) is 2. The third-order valence-corrected chi connectivity index (χ3v) is 8.85. The number of carbonyl (C=O) groups is 3. The molecular weight excluding hydrogens is 440 g/mol. The van der Waals surface area contributed by atoms with Crippen LogP contribution in [-0.2, 0) is 25.2 Å². The molecule has 2 aliphatic rings. The molecule has 2 N–H and O–H groups in total. The van der Waals surface area contributed by atoms with Gasteiger partial charge in [-0.3, -0.25) is 15.0 Å². The third kappa shape index (κ3) is 3.84. The Hall–Kier alpha value is -2.76. The minimum atomic E-state index is -3.68. The number of rotatable bonds is 5. The number of urea groups is 1. The predicted molar refractivity (Wildman–Crippen MR) is 113 cm³/mol. The van der Waals surface area contributed by atoms with Crippen LogP contribution in [0.3, 0.4) is 0 Å². The summed E-state index contributed by atoms with van der Waals surface area (Å²) in [5, 5.41) is 4.99. The number of thiophene rings is 1. The number of sulfonamides is 1. The summed E-state index contributed by atoms with van der Waals surface area (Å²) in [5.41, 5.74) is 1.69. The van der Waals surface area contributed by atoms with Crippen molar-refractivity contribution in [1.82, 2.24) is 20.1 Å². The van der Waals surface area contributed by atoms with Gasteiger partial charge in [-0.15, -0.1) is 11.3 Å². The molecule has 0 spiro atoms. The summed E-state index contributed by atoms with van der Waals surface area (Å²) in [6.07, 6.45) is 0.965. The van der Waals surface area contributed by atoms with Gasteiger partial charge in [0.1, 0.15) is 9.75 Å². The van der Waals surface area contributed by atoms with Crippen molar-refractivity contribution >= 4 is 39.2 Å². The van der Waals surface area contributed by atoms with E-state index in [4.69, 9.17) is 0 Å². The molecule has 1 aromatic heterocycles. The average molecular weight is 463 g/mol. The number of amides is 4. The largest absolute Gasteiger partial charge is 0.344 e. The van der Waals surface area contributed by atoms with Crippen molar-refractivity contribution in [2.24, 2.45) is 5.92 Å². The summed E-state index contributed by atoms with van der Waals surface area (Å²) in [6, 6.07) is 11.2. The van der Waals surface area contributed by atoms with E-state index in [1.54, 1.807) is 48.7 Å². The number of piperidine rings is 1. The van der Waals surface area contributed by atoms with Crippen molar-refractivity contribution in [3.8, 4) is 0 Å². The van der Waals surface area contributed by atoms with E-state index in [9.17, 15) is 22.8 Å². The highest BCUT2D eigenvalue weighted by Crippen LogP contribution is 2.29. The number of hydrazine groups is 1. The quantitative estimate of drug-likeness (QED) is 0.656. The molecule has 3 heterocycles. The molecule has 11 heteroatoms. The zero-order valence-electron chi connectivity index (χ0n) is 16.8. The second-order valence-electron chi connectivity index (χ2n) is 7.67. The van der Waals surface area contributed by atoms with Gasteiger partial charge < -0.3 is 5.32 Å². The summed E-state index contributed by atoms with van der Waals surface area (Å²) in [6.45, 7) is 1.88. The van der Waals surface area contributed by atoms with Gasteiger partial charge in [-0.05, 0) is 36.8 Å². The lowest BCUT2D eigenvalue weighted by atomic mass is 9.92. The Bertz CT molecular complexity index is 1100. The highest BCUT2D eigenvalue weighted by atomic mass is 32.2. The van der Waals surface area contributed by atoms with E-state index in [1.807, 2.05) is 0 Å². The van der Waals surface area contributed by atoms with E-state index in [0.29, 0.717) is 30.0 Å². The minimum absolute atomic E-state index is 0.00826. The fraction of sp³-hybridized carbons (Fsp3) is 0.350. The number of carbonyl (C=O) groups excluding carboxylic acids is 3. The highest BCUT2D eigenvalue weighted by molar-refractivity contribution is 7.91. The smallest absolute Gasteiger partial charge is 0.318 e. The van der Waals surface area contributed by atoms with E-state index in [2.05, 4.69) is 10.7 Å². The highest BCUT2D eigenvalue weighted by Gasteiger charge is 2.50. The standard InChI is InChI=1S/C20H22N4O5S2/c1-20(15-8-3-2-4-9-15)18(26)24(19(27)21-20)22-17(25)14-7-5-11-23(13-14)31(28,29)16-10-6-12-30-16/h2-4,6,8-10,12,14H,5,7,11,13H2,1H3,(H,21,27)(H,22,25)/t14-,20+/m1/s1. The molecule has 0 bridgehead atoms. The molecule has 9 nitrogen and oxygen atoms in total. The summed E-state index contributed by atoms with van der Waals surface area (Å²) in [4.78, 5) is 38.3. The van der Waals surface area contributed by atoms with E-state index in [0.717, 1.165) is 11.3 Å². The van der Waals surface area contributed by atoms with E-state index < -0.39 is 39.3 Å². The molecule has 4 rings (SSSR count). The molecule has 2 aliphatic heterocycles. The van der Waals surface area contributed by atoms with Crippen LogP contribution in [0, 0.1) is 5.92 Å². The Kier molecular flexibility index (Phi) is 5.58. The lowest BCUT2D eigenvalue weighted by molar-refractivity contribution is -0.141. The first-order chi connectivity index (χ1) is 14.7. The first-order valence-electron chi connectivity index (χ1n) is 9.80. The molecule has 2 fully saturated rings. The van der Waals surface area contributed by atoms with Crippen LogP contribution in [0.25, 0.3) is 0 Å². The van der Waals surface area contributed by atoms with Gasteiger partial charge in [0.15, 0.2) is 0 Å². The van der Waals surface area contributed by atoms with E-state index in [1.165, 1.54) is 10.4 Å². The molecule has 2 saturated heterocycles. The van der Waals surface area contributed by atoms with Crippen molar-refractivity contribution in [1.29, 1.82) is 0 Å².